The number of halogens is 1. The molecule has 0 bridgehead atoms. The van der Waals surface area contributed by atoms with E-state index in [1.54, 1.807) is 43.0 Å². The van der Waals surface area contributed by atoms with Crippen LogP contribution >= 0.6 is 22.9 Å². The van der Waals surface area contributed by atoms with Crippen LogP contribution in [0.5, 0.6) is 0 Å². The van der Waals surface area contributed by atoms with Crippen molar-refractivity contribution in [2.75, 3.05) is 11.5 Å². The van der Waals surface area contributed by atoms with E-state index in [0.29, 0.717) is 38.8 Å². The number of allylic oxidation sites excluding steroid dienone is 1. The molecule has 6 rings (SSSR count). The van der Waals surface area contributed by atoms with E-state index in [9.17, 15) is 14.4 Å². The Morgan fingerprint density at radius 3 is 2.42 bits per heavy atom. The van der Waals surface area contributed by atoms with Crippen LogP contribution in [-0.2, 0) is 20.9 Å². The summed E-state index contributed by atoms with van der Waals surface area (Å²) in [5.74, 6) is -0.794. The molecular weight excluding hydrogens is 546 g/mol. The fourth-order valence-corrected chi connectivity index (χ4v) is 6.49. The summed E-state index contributed by atoms with van der Waals surface area (Å²) in [5.41, 5.74) is 3.78. The van der Waals surface area contributed by atoms with Crippen molar-refractivity contribution in [1.29, 1.82) is 0 Å². The number of esters is 1. The molecule has 0 unspecified atom stereocenters. The fraction of sp³-hybridized carbons (Fsp3) is 0.161. The summed E-state index contributed by atoms with van der Waals surface area (Å²) >= 11 is 7.31. The van der Waals surface area contributed by atoms with Crippen LogP contribution in [0.3, 0.4) is 0 Å². The Balaban J connectivity index is 1.58. The standard InChI is InChI=1S/C31H24ClN3O4S/c1-3-39-30(38)24-18(2)33-31-35(26(24)20-13-15-21(32)16-14-20)29(37)27(40-31)25-22-11-7-8-12-23(22)34(28(25)36)17-19-9-5-4-6-10-19/h4-16,26H,3,17H2,1-2H3/b27-25-/t26-/m0/s1. The second kappa shape index (κ2) is 10.4. The van der Waals surface area contributed by atoms with Crippen molar-refractivity contribution in [3.63, 3.8) is 0 Å². The van der Waals surface area contributed by atoms with Gasteiger partial charge in [-0.25, -0.2) is 9.79 Å². The van der Waals surface area contributed by atoms with Gasteiger partial charge in [-0.2, -0.15) is 0 Å². The van der Waals surface area contributed by atoms with Crippen LogP contribution in [0, 0.1) is 0 Å². The third-order valence-corrected chi connectivity index (χ3v) is 8.32. The number of para-hydroxylation sites is 1. The molecule has 40 heavy (non-hydrogen) atoms. The lowest BCUT2D eigenvalue weighted by atomic mass is 9.96. The first kappa shape index (κ1) is 26.0. The Labute approximate surface area is 238 Å². The number of rotatable bonds is 5. The van der Waals surface area contributed by atoms with Crippen molar-refractivity contribution in [3.8, 4) is 0 Å². The van der Waals surface area contributed by atoms with Gasteiger partial charge in [0.1, 0.15) is 4.53 Å². The molecule has 7 nitrogen and oxygen atoms in total. The van der Waals surface area contributed by atoms with E-state index < -0.39 is 17.6 Å². The summed E-state index contributed by atoms with van der Waals surface area (Å²) in [6, 6.07) is 23.4. The number of carbonyl (C=O) groups excluding carboxylic acids is 2. The topological polar surface area (TPSA) is 81.0 Å². The second-order valence-electron chi connectivity index (χ2n) is 9.44. The molecule has 4 aromatic rings. The minimum atomic E-state index is -0.783. The Bertz CT molecular complexity index is 1870. The number of nitrogens with zero attached hydrogens (tertiary/aromatic N) is 3. The Morgan fingerprint density at radius 2 is 1.70 bits per heavy atom. The summed E-state index contributed by atoms with van der Waals surface area (Å²) in [6.45, 7) is 4.01. The first-order chi connectivity index (χ1) is 19.4. The third kappa shape index (κ3) is 4.29. The molecular formula is C31H24ClN3O4S. The number of aromatic nitrogens is 1. The molecule has 2 aliphatic heterocycles. The minimum absolute atomic E-state index is 0.181. The van der Waals surface area contributed by atoms with Crippen LogP contribution in [0.25, 0.3) is 5.57 Å². The van der Waals surface area contributed by atoms with Crippen LogP contribution in [0.4, 0.5) is 5.69 Å². The van der Waals surface area contributed by atoms with Gasteiger partial charge in [0.15, 0.2) is 4.80 Å². The van der Waals surface area contributed by atoms with Gasteiger partial charge in [0.05, 0.1) is 41.7 Å². The first-order valence-corrected chi connectivity index (χ1v) is 14.0. The van der Waals surface area contributed by atoms with Crippen molar-refractivity contribution < 1.29 is 14.3 Å². The lowest BCUT2D eigenvalue weighted by Crippen LogP contribution is -2.41. The molecule has 200 valence electrons. The molecule has 0 saturated carbocycles. The van der Waals surface area contributed by atoms with Gasteiger partial charge in [0.25, 0.3) is 11.5 Å². The monoisotopic (exact) mass is 569 g/mol. The second-order valence-corrected chi connectivity index (χ2v) is 10.9. The van der Waals surface area contributed by atoms with E-state index in [-0.39, 0.29) is 22.6 Å². The quantitative estimate of drug-likeness (QED) is 0.334. The van der Waals surface area contributed by atoms with E-state index in [2.05, 4.69) is 4.99 Å². The van der Waals surface area contributed by atoms with Gasteiger partial charge in [-0.15, -0.1) is 0 Å². The maximum Gasteiger partial charge on any atom is 0.338 e. The number of hydrogen-bond acceptors (Lipinski definition) is 6. The van der Waals surface area contributed by atoms with Crippen molar-refractivity contribution in [2.45, 2.75) is 26.4 Å². The highest BCUT2D eigenvalue weighted by atomic mass is 35.5. The van der Waals surface area contributed by atoms with E-state index in [1.807, 2.05) is 54.6 Å². The smallest absolute Gasteiger partial charge is 0.338 e. The lowest BCUT2D eigenvalue weighted by molar-refractivity contribution is -0.139. The zero-order valence-electron chi connectivity index (χ0n) is 21.8. The van der Waals surface area contributed by atoms with Gasteiger partial charge in [-0.1, -0.05) is 83.6 Å². The molecule has 0 spiro atoms. The number of thiazole rings is 1. The molecule has 0 saturated heterocycles. The Morgan fingerprint density at radius 1 is 1.00 bits per heavy atom. The first-order valence-electron chi connectivity index (χ1n) is 12.8. The van der Waals surface area contributed by atoms with Crippen molar-refractivity contribution in [1.82, 2.24) is 4.57 Å². The van der Waals surface area contributed by atoms with Crippen molar-refractivity contribution >= 4 is 46.1 Å². The van der Waals surface area contributed by atoms with Crippen LogP contribution < -0.4 is 19.8 Å². The highest BCUT2D eigenvalue weighted by Crippen LogP contribution is 2.36. The minimum Gasteiger partial charge on any atom is -0.463 e. The number of carbonyl (C=O) groups is 2. The van der Waals surface area contributed by atoms with Crippen molar-refractivity contribution in [2.24, 2.45) is 4.99 Å². The maximum atomic E-state index is 14.2. The summed E-state index contributed by atoms with van der Waals surface area (Å²) < 4.78 is 7.13. The fourth-order valence-electron chi connectivity index (χ4n) is 5.22. The zero-order valence-corrected chi connectivity index (χ0v) is 23.3. The average molecular weight is 570 g/mol. The maximum absolute atomic E-state index is 14.2. The zero-order chi connectivity index (χ0) is 28.0. The summed E-state index contributed by atoms with van der Waals surface area (Å²) in [4.78, 5) is 48.1. The highest BCUT2D eigenvalue weighted by molar-refractivity contribution is 7.07. The molecule has 0 radical (unpaired) electrons. The molecule has 9 heteroatoms. The van der Waals surface area contributed by atoms with Crippen molar-refractivity contribution in [3.05, 3.63) is 132 Å². The summed E-state index contributed by atoms with van der Waals surface area (Å²) in [7, 11) is 0. The SMILES string of the molecule is CCOC(=O)C1=C(C)N=c2s/c(=C3\C(=O)N(Cc4ccccc4)c4ccccc43)c(=O)n2[C@H]1c1ccc(Cl)cc1. The molecule has 1 amide bonds. The number of anilines is 1. The van der Waals surface area contributed by atoms with Crippen LogP contribution in [0.1, 0.15) is 36.6 Å². The van der Waals surface area contributed by atoms with Gasteiger partial charge in [-0.3, -0.25) is 14.2 Å². The van der Waals surface area contributed by atoms with Crippen LogP contribution in [0.15, 0.2) is 99.9 Å². The highest BCUT2D eigenvalue weighted by Gasteiger charge is 2.37. The van der Waals surface area contributed by atoms with E-state index in [1.165, 1.54) is 4.57 Å². The molecule has 3 heterocycles. The van der Waals surface area contributed by atoms with Crippen LogP contribution in [-0.4, -0.2) is 23.1 Å². The largest absolute Gasteiger partial charge is 0.463 e. The Kier molecular flexibility index (Phi) is 6.73. The summed E-state index contributed by atoms with van der Waals surface area (Å²) in [5, 5.41) is 0.531. The summed E-state index contributed by atoms with van der Waals surface area (Å²) in [6.07, 6.45) is 0. The lowest BCUT2D eigenvalue weighted by Gasteiger charge is -2.24. The number of ether oxygens (including phenoxy) is 1. The predicted molar refractivity (Wildman–Crippen MR) is 155 cm³/mol. The van der Waals surface area contributed by atoms with Crippen LogP contribution in [0.2, 0.25) is 5.02 Å². The number of fused-ring (bicyclic) bond motifs is 2. The average Bonchev–Trinajstić information content (AvgIpc) is 3.41. The molecule has 1 aromatic heterocycles. The number of hydrogen-bond donors (Lipinski definition) is 0. The number of benzene rings is 3. The van der Waals surface area contributed by atoms with Gasteiger partial charge in [-0.05, 0) is 43.2 Å². The van der Waals surface area contributed by atoms with E-state index in [4.69, 9.17) is 16.3 Å². The van der Waals surface area contributed by atoms with Gasteiger partial charge >= 0.3 is 5.97 Å². The molecule has 0 fully saturated rings. The van der Waals surface area contributed by atoms with E-state index >= 15 is 0 Å². The molecule has 0 aliphatic carbocycles. The molecule has 3 aromatic carbocycles. The normalized spacial score (nSPS) is 17.4. The molecule has 1 atom stereocenters. The third-order valence-electron chi connectivity index (χ3n) is 7.01. The van der Waals surface area contributed by atoms with Gasteiger partial charge in [0.2, 0.25) is 0 Å². The number of amides is 1. The van der Waals surface area contributed by atoms with E-state index in [0.717, 1.165) is 22.6 Å². The Hall–Kier alpha value is -4.27. The predicted octanol–water partition coefficient (Wildman–Crippen LogP) is 4.37. The van der Waals surface area contributed by atoms with Gasteiger partial charge < -0.3 is 9.64 Å². The molecule has 0 N–H and O–H groups in total. The van der Waals surface area contributed by atoms with Gasteiger partial charge in [0, 0.05) is 10.6 Å². The molecule has 2 aliphatic rings.